The van der Waals surface area contributed by atoms with E-state index in [2.05, 4.69) is 51.4 Å². The van der Waals surface area contributed by atoms with Gasteiger partial charge in [-0.2, -0.15) is 0 Å². The molecule has 4 aromatic rings. The number of anilines is 1. The molecule has 0 spiro atoms. The molecule has 0 radical (unpaired) electrons. The minimum atomic E-state index is -0.238. The molecule has 0 aliphatic rings. The number of benzene rings is 2. The SMILES string of the molecule is COc1ccc(NC(=O)NCCCn2c(-c3ccc(C)cc3)nc3cccnc32)cc1. The van der Waals surface area contributed by atoms with Gasteiger partial charge in [-0.15, -0.1) is 0 Å². The van der Waals surface area contributed by atoms with Crippen molar-refractivity contribution >= 4 is 22.9 Å². The average molecular weight is 415 g/mol. The fourth-order valence-electron chi connectivity index (χ4n) is 3.38. The average Bonchev–Trinajstić information content (AvgIpc) is 3.16. The first-order valence-corrected chi connectivity index (χ1v) is 10.2. The molecule has 0 aliphatic carbocycles. The number of urea groups is 1. The fourth-order valence-corrected chi connectivity index (χ4v) is 3.38. The number of amides is 2. The third-order valence-electron chi connectivity index (χ3n) is 5.01. The molecule has 0 unspecified atom stereocenters. The zero-order valence-electron chi connectivity index (χ0n) is 17.6. The summed E-state index contributed by atoms with van der Waals surface area (Å²) in [6, 6.07) is 19.2. The standard InChI is InChI=1S/C24H25N5O2/c1-17-6-8-18(9-7-17)22-28-21-5-3-14-25-23(21)29(22)16-4-15-26-24(30)27-19-10-12-20(31-2)13-11-19/h3,5-14H,4,15-16H2,1-2H3,(H2,26,27,30). The van der Waals surface area contributed by atoms with Crippen LogP contribution in [-0.4, -0.2) is 34.2 Å². The van der Waals surface area contributed by atoms with Gasteiger partial charge in [0, 0.05) is 30.5 Å². The summed E-state index contributed by atoms with van der Waals surface area (Å²) in [5.41, 5.74) is 4.68. The van der Waals surface area contributed by atoms with Crippen molar-refractivity contribution in [2.75, 3.05) is 19.0 Å². The summed E-state index contributed by atoms with van der Waals surface area (Å²) in [6.07, 6.45) is 2.52. The van der Waals surface area contributed by atoms with E-state index in [-0.39, 0.29) is 6.03 Å². The topological polar surface area (TPSA) is 81.1 Å². The number of hydrogen-bond acceptors (Lipinski definition) is 4. The van der Waals surface area contributed by atoms with Crippen LogP contribution in [0.25, 0.3) is 22.6 Å². The molecule has 0 bridgehead atoms. The molecule has 7 nitrogen and oxygen atoms in total. The highest BCUT2D eigenvalue weighted by atomic mass is 16.5. The van der Waals surface area contributed by atoms with Gasteiger partial charge in [-0.25, -0.2) is 14.8 Å². The summed E-state index contributed by atoms with van der Waals surface area (Å²) in [4.78, 5) is 21.5. The number of rotatable bonds is 7. The number of carbonyl (C=O) groups excluding carboxylic acids is 1. The first kappa shape index (κ1) is 20.4. The van der Waals surface area contributed by atoms with Crippen LogP contribution in [0.15, 0.2) is 66.9 Å². The molecular formula is C24H25N5O2. The number of carbonyl (C=O) groups is 1. The zero-order chi connectivity index (χ0) is 21.6. The lowest BCUT2D eigenvalue weighted by Gasteiger charge is -2.11. The summed E-state index contributed by atoms with van der Waals surface area (Å²) in [5.74, 6) is 1.63. The van der Waals surface area contributed by atoms with E-state index >= 15 is 0 Å². The first-order chi connectivity index (χ1) is 15.1. The Hall–Kier alpha value is -3.87. The predicted molar refractivity (Wildman–Crippen MR) is 122 cm³/mol. The number of aromatic nitrogens is 3. The van der Waals surface area contributed by atoms with Gasteiger partial charge >= 0.3 is 6.03 Å². The highest BCUT2D eigenvalue weighted by Gasteiger charge is 2.13. The van der Waals surface area contributed by atoms with Gasteiger partial charge in [-0.1, -0.05) is 29.8 Å². The van der Waals surface area contributed by atoms with Crippen molar-refractivity contribution in [1.29, 1.82) is 0 Å². The van der Waals surface area contributed by atoms with Crippen LogP contribution in [0, 0.1) is 6.92 Å². The van der Waals surface area contributed by atoms with Crippen LogP contribution in [0.5, 0.6) is 5.75 Å². The zero-order valence-corrected chi connectivity index (χ0v) is 17.6. The van der Waals surface area contributed by atoms with E-state index in [4.69, 9.17) is 9.72 Å². The molecule has 2 aromatic carbocycles. The third kappa shape index (κ3) is 4.83. The van der Waals surface area contributed by atoms with Crippen molar-refractivity contribution in [3.63, 3.8) is 0 Å². The monoisotopic (exact) mass is 415 g/mol. The number of aryl methyl sites for hydroxylation is 2. The molecule has 2 N–H and O–H groups in total. The highest BCUT2D eigenvalue weighted by molar-refractivity contribution is 5.89. The predicted octanol–water partition coefficient (Wildman–Crippen LogP) is 4.63. The van der Waals surface area contributed by atoms with Crippen LogP contribution in [0.4, 0.5) is 10.5 Å². The maximum atomic E-state index is 12.2. The molecule has 0 aliphatic heterocycles. The lowest BCUT2D eigenvalue weighted by atomic mass is 10.1. The van der Waals surface area contributed by atoms with Crippen molar-refractivity contribution in [3.05, 3.63) is 72.4 Å². The van der Waals surface area contributed by atoms with Crippen LogP contribution in [0.2, 0.25) is 0 Å². The van der Waals surface area contributed by atoms with Gasteiger partial charge in [0.1, 0.15) is 17.1 Å². The molecule has 2 amide bonds. The summed E-state index contributed by atoms with van der Waals surface area (Å²) < 4.78 is 7.24. The van der Waals surface area contributed by atoms with E-state index in [1.165, 1.54) is 5.56 Å². The van der Waals surface area contributed by atoms with Gasteiger partial charge < -0.3 is 19.9 Å². The van der Waals surface area contributed by atoms with E-state index in [1.54, 1.807) is 37.6 Å². The fraction of sp³-hybridized carbons (Fsp3) is 0.208. The van der Waals surface area contributed by atoms with Gasteiger partial charge in [0.05, 0.1) is 7.11 Å². The van der Waals surface area contributed by atoms with Crippen LogP contribution in [-0.2, 0) is 6.54 Å². The number of ether oxygens (including phenoxy) is 1. The number of imidazole rings is 1. The number of methoxy groups -OCH3 is 1. The molecule has 0 atom stereocenters. The Bertz CT molecular complexity index is 1170. The minimum Gasteiger partial charge on any atom is -0.497 e. The summed E-state index contributed by atoms with van der Waals surface area (Å²) >= 11 is 0. The van der Waals surface area contributed by atoms with Crippen molar-refractivity contribution < 1.29 is 9.53 Å². The van der Waals surface area contributed by atoms with Gasteiger partial charge in [0.15, 0.2) is 5.65 Å². The van der Waals surface area contributed by atoms with E-state index < -0.39 is 0 Å². The molecule has 31 heavy (non-hydrogen) atoms. The Balaban J connectivity index is 1.40. The maximum Gasteiger partial charge on any atom is 0.319 e. The second-order valence-electron chi connectivity index (χ2n) is 7.26. The number of hydrogen-bond donors (Lipinski definition) is 2. The second-order valence-corrected chi connectivity index (χ2v) is 7.26. The Labute approximate surface area is 181 Å². The first-order valence-electron chi connectivity index (χ1n) is 10.2. The van der Waals surface area contributed by atoms with Crippen molar-refractivity contribution in [3.8, 4) is 17.1 Å². The smallest absolute Gasteiger partial charge is 0.319 e. The lowest BCUT2D eigenvalue weighted by Crippen LogP contribution is -2.30. The van der Waals surface area contributed by atoms with Gasteiger partial charge in [0.2, 0.25) is 0 Å². The normalized spacial score (nSPS) is 10.8. The second kappa shape index (κ2) is 9.30. The largest absolute Gasteiger partial charge is 0.497 e. The van der Waals surface area contributed by atoms with E-state index in [1.807, 2.05) is 12.1 Å². The van der Waals surface area contributed by atoms with Crippen LogP contribution < -0.4 is 15.4 Å². The molecule has 4 rings (SSSR count). The number of pyridine rings is 1. The van der Waals surface area contributed by atoms with Gasteiger partial charge in [0.25, 0.3) is 0 Å². The molecule has 158 valence electrons. The minimum absolute atomic E-state index is 0.238. The number of nitrogens with one attached hydrogen (secondary N) is 2. The van der Waals surface area contributed by atoms with Crippen LogP contribution in [0.3, 0.4) is 0 Å². The summed E-state index contributed by atoms with van der Waals surface area (Å²) in [5, 5.41) is 5.72. The molecule has 2 aromatic heterocycles. The molecule has 0 saturated heterocycles. The van der Waals surface area contributed by atoms with Crippen molar-refractivity contribution in [1.82, 2.24) is 19.9 Å². The molecular weight excluding hydrogens is 390 g/mol. The maximum absolute atomic E-state index is 12.2. The van der Waals surface area contributed by atoms with Crippen molar-refractivity contribution in [2.24, 2.45) is 0 Å². The van der Waals surface area contributed by atoms with E-state index in [9.17, 15) is 4.79 Å². The molecule has 2 heterocycles. The number of fused-ring (bicyclic) bond motifs is 1. The highest BCUT2D eigenvalue weighted by Crippen LogP contribution is 2.24. The van der Waals surface area contributed by atoms with E-state index in [0.717, 1.165) is 34.7 Å². The Morgan fingerprint density at radius 3 is 2.58 bits per heavy atom. The van der Waals surface area contributed by atoms with Crippen molar-refractivity contribution in [2.45, 2.75) is 19.9 Å². The quantitative estimate of drug-likeness (QED) is 0.431. The summed E-state index contributed by atoms with van der Waals surface area (Å²) in [6.45, 7) is 3.29. The Morgan fingerprint density at radius 1 is 1.06 bits per heavy atom. The van der Waals surface area contributed by atoms with Gasteiger partial charge in [-0.05, 0) is 49.7 Å². The summed E-state index contributed by atoms with van der Waals surface area (Å²) in [7, 11) is 1.61. The van der Waals surface area contributed by atoms with Crippen LogP contribution in [0.1, 0.15) is 12.0 Å². The molecule has 7 heteroatoms. The molecule has 0 fully saturated rings. The van der Waals surface area contributed by atoms with E-state index in [0.29, 0.717) is 18.8 Å². The number of nitrogens with zero attached hydrogens (tertiary/aromatic N) is 3. The van der Waals surface area contributed by atoms with Crippen LogP contribution >= 0.6 is 0 Å². The Kier molecular flexibility index (Phi) is 6.12. The Morgan fingerprint density at radius 2 is 1.84 bits per heavy atom. The third-order valence-corrected chi connectivity index (χ3v) is 5.01. The lowest BCUT2D eigenvalue weighted by molar-refractivity contribution is 0.252. The van der Waals surface area contributed by atoms with Gasteiger partial charge in [-0.3, -0.25) is 0 Å². The molecule has 0 saturated carbocycles.